The van der Waals surface area contributed by atoms with E-state index in [1.54, 1.807) is 25.3 Å². The molecular formula is C9H15N3O2. The monoisotopic (exact) mass is 197 g/mol. The van der Waals surface area contributed by atoms with Crippen LogP contribution in [0.15, 0.2) is 18.3 Å². The zero-order valence-electron chi connectivity index (χ0n) is 8.03. The van der Waals surface area contributed by atoms with Crippen LogP contribution < -0.4 is 11.1 Å². The van der Waals surface area contributed by atoms with Gasteiger partial charge >= 0.3 is 0 Å². The number of carbonyl (C=O) groups is 1. The van der Waals surface area contributed by atoms with Crippen molar-refractivity contribution in [2.24, 2.45) is 5.73 Å². The summed E-state index contributed by atoms with van der Waals surface area (Å²) in [5, 5.41) is 11.7. The van der Waals surface area contributed by atoms with Crippen molar-refractivity contribution < 1.29 is 9.90 Å². The van der Waals surface area contributed by atoms with Gasteiger partial charge in [-0.2, -0.15) is 0 Å². The Morgan fingerprint density at radius 3 is 3.00 bits per heavy atom. The van der Waals surface area contributed by atoms with Crippen molar-refractivity contribution in [2.45, 2.75) is 19.1 Å². The lowest BCUT2D eigenvalue weighted by molar-refractivity contribution is 0.0933. The molecule has 0 fully saturated rings. The zero-order valence-corrected chi connectivity index (χ0v) is 8.03. The van der Waals surface area contributed by atoms with Gasteiger partial charge in [-0.05, 0) is 19.1 Å². The van der Waals surface area contributed by atoms with Crippen molar-refractivity contribution in [3.8, 4) is 0 Å². The van der Waals surface area contributed by atoms with Crippen molar-refractivity contribution in [1.82, 2.24) is 10.3 Å². The van der Waals surface area contributed by atoms with Gasteiger partial charge in [-0.15, -0.1) is 0 Å². The SMILES string of the molecule is CC(O)C(N)CNC(=O)c1ccc[nH]1. The Balaban J connectivity index is 2.36. The Morgan fingerprint density at radius 1 is 1.79 bits per heavy atom. The fourth-order valence-electron chi connectivity index (χ4n) is 0.948. The molecule has 1 aromatic heterocycles. The average molecular weight is 197 g/mol. The van der Waals surface area contributed by atoms with E-state index in [-0.39, 0.29) is 12.5 Å². The molecular weight excluding hydrogens is 182 g/mol. The normalized spacial score (nSPS) is 14.8. The minimum absolute atomic E-state index is 0.217. The second-order valence-corrected chi connectivity index (χ2v) is 3.20. The molecule has 0 radical (unpaired) electrons. The van der Waals surface area contributed by atoms with E-state index in [1.165, 1.54) is 0 Å². The Bertz CT molecular complexity index is 282. The largest absolute Gasteiger partial charge is 0.392 e. The summed E-state index contributed by atoms with van der Waals surface area (Å²) in [6, 6.07) is 2.97. The fourth-order valence-corrected chi connectivity index (χ4v) is 0.948. The Morgan fingerprint density at radius 2 is 2.50 bits per heavy atom. The molecule has 0 saturated carbocycles. The third kappa shape index (κ3) is 2.86. The third-order valence-electron chi connectivity index (χ3n) is 1.96. The lowest BCUT2D eigenvalue weighted by Crippen LogP contribution is -2.43. The van der Waals surface area contributed by atoms with Gasteiger partial charge in [-0.3, -0.25) is 4.79 Å². The van der Waals surface area contributed by atoms with E-state index >= 15 is 0 Å². The van der Waals surface area contributed by atoms with Gasteiger partial charge in [0.25, 0.3) is 5.91 Å². The highest BCUT2D eigenvalue weighted by atomic mass is 16.3. The van der Waals surface area contributed by atoms with Crippen molar-refractivity contribution in [3.05, 3.63) is 24.0 Å². The highest BCUT2D eigenvalue weighted by Gasteiger charge is 2.11. The number of aromatic amines is 1. The zero-order chi connectivity index (χ0) is 10.6. The van der Waals surface area contributed by atoms with Gasteiger partial charge in [0.05, 0.1) is 6.10 Å². The minimum Gasteiger partial charge on any atom is -0.392 e. The number of hydrogen-bond acceptors (Lipinski definition) is 3. The topological polar surface area (TPSA) is 91.1 Å². The molecule has 0 saturated heterocycles. The fraction of sp³-hybridized carbons (Fsp3) is 0.444. The molecule has 0 bridgehead atoms. The van der Waals surface area contributed by atoms with E-state index in [0.29, 0.717) is 5.69 Å². The van der Waals surface area contributed by atoms with Gasteiger partial charge in [-0.1, -0.05) is 0 Å². The van der Waals surface area contributed by atoms with Gasteiger partial charge in [0.15, 0.2) is 0 Å². The van der Waals surface area contributed by atoms with Crippen LogP contribution in [0.5, 0.6) is 0 Å². The van der Waals surface area contributed by atoms with E-state index in [9.17, 15) is 4.79 Å². The van der Waals surface area contributed by atoms with E-state index in [0.717, 1.165) is 0 Å². The molecule has 0 aliphatic rings. The van der Waals surface area contributed by atoms with Crippen LogP contribution in [0, 0.1) is 0 Å². The first-order valence-electron chi connectivity index (χ1n) is 4.46. The van der Waals surface area contributed by atoms with Gasteiger partial charge in [0, 0.05) is 18.8 Å². The summed E-state index contributed by atoms with van der Waals surface area (Å²) in [4.78, 5) is 14.1. The number of aromatic nitrogens is 1. The molecule has 0 aliphatic carbocycles. The van der Waals surface area contributed by atoms with Crippen LogP contribution in [0.3, 0.4) is 0 Å². The molecule has 5 heteroatoms. The van der Waals surface area contributed by atoms with Gasteiger partial charge in [-0.25, -0.2) is 0 Å². The molecule has 5 N–H and O–H groups in total. The highest BCUT2D eigenvalue weighted by Crippen LogP contribution is 1.94. The smallest absolute Gasteiger partial charge is 0.267 e. The molecule has 2 atom stereocenters. The maximum Gasteiger partial charge on any atom is 0.267 e. The van der Waals surface area contributed by atoms with Crippen molar-refractivity contribution in [3.63, 3.8) is 0 Å². The van der Waals surface area contributed by atoms with Crippen molar-refractivity contribution in [2.75, 3.05) is 6.54 Å². The lowest BCUT2D eigenvalue weighted by Gasteiger charge is -2.14. The van der Waals surface area contributed by atoms with E-state index in [4.69, 9.17) is 10.8 Å². The predicted molar refractivity (Wildman–Crippen MR) is 52.8 cm³/mol. The molecule has 1 aromatic rings. The van der Waals surface area contributed by atoms with Crippen LogP contribution in [0.1, 0.15) is 17.4 Å². The van der Waals surface area contributed by atoms with Crippen LogP contribution in [0.25, 0.3) is 0 Å². The molecule has 5 nitrogen and oxygen atoms in total. The summed E-state index contributed by atoms with van der Waals surface area (Å²) in [5.74, 6) is -0.217. The number of carbonyl (C=O) groups excluding carboxylic acids is 1. The number of rotatable bonds is 4. The van der Waals surface area contributed by atoms with Crippen LogP contribution in [-0.4, -0.2) is 34.7 Å². The Hall–Kier alpha value is -1.33. The Kier molecular flexibility index (Phi) is 3.67. The van der Waals surface area contributed by atoms with Crippen molar-refractivity contribution in [1.29, 1.82) is 0 Å². The minimum atomic E-state index is -0.626. The van der Waals surface area contributed by atoms with Gasteiger partial charge in [0.2, 0.25) is 0 Å². The Labute approximate surface area is 82.3 Å². The summed E-state index contributed by atoms with van der Waals surface area (Å²) in [7, 11) is 0. The molecule has 1 rings (SSSR count). The molecule has 14 heavy (non-hydrogen) atoms. The quantitative estimate of drug-likeness (QED) is 0.522. The number of aliphatic hydroxyl groups excluding tert-OH is 1. The van der Waals surface area contributed by atoms with Gasteiger partial charge < -0.3 is 21.1 Å². The summed E-state index contributed by atoms with van der Waals surface area (Å²) < 4.78 is 0. The number of amides is 1. The molecule has 0 aromatic carbocycles. The van der Waals surface area contributed by atoms with Crippen LogP contribution in [0.2, 0.25) is 0 Å². The van der Waals surface area contributed by atoms with E-state index in [1.807, 2.05) is 0 Å². The first-order valence-corrected chi connectivity index (χ1v) is 4.46. The standard InChI is InChI=1S/C9H15N3O2/c1-6(13)7(10)5-12-9(14)8-3-2-4-11-8/h2-4,6-7,11,13H,5,10H2,1H3,(H,12,14). The average Bonchev–Trinajstić information content (AvgIpc) is 2.66. The summed E-state index contributed by atoms with van der Waals surface area (Å²) >= 11 is 0. The maximum atomic E-state index is 11.4. The molecule has 1 heterocycles. The third-order valence-corrected chi connectivity index (χ3v) is 1.96. The first-order chi connectivity index (χ1) is 6.61. The highest BCUT2D eigenvalue weighted by molar-refractivity contribution is 5.92. The number of aliphatic hydroxyl groups is 1. The first kappa shape index (κ1) is 10.7. The van der Waals surface area contributed by atoms with Crippen LogP contribution in [-0.2, 0) is 0 Å². The number of H-pyrrole nitrogens is 1. The van der Waals surface area contributed by atoms with E-state index < -0.39 is 12.1 Å². The number of hydrogen-bond donors (Lipinski definition) is 4. The second kappa shape index (κ2) is 4.78. The van der Waals surface area contributed by atoms with Gasteiger partial charge in [0.1, 0.15) is 5.69 Å². The number of nitrogens with two attached hydrogens (primary N) is 1. The predicted octanol–water partition coefficient (Wildman–Crippen LogP) is -0.547. The molecule has 0 aliphatic heterocycles. The lowest BCUT2D eigenvalue weighted by atomic mass is 10.2. The van der Waals surface area contributed by atoms with Crippen LogP contribution >= 0.6 is 0 Å². The molecule has 1 amide bonds. The summed E-state index contributed by atoms with van der Waals surface area (Å²) in [5.41, 5.74) is 6.03. The maximum absolute atomic E-state index is 11.4. The molecule has 2 unspecified atom stereocenters. The number of nitrogens with one attached hydrogen (secondary N) is 2. The summed E-state index contributed by atoms with van der Waals surface area (Å²) in [6.07, 6.45) is 1.04. The second-order valence-electron chi connectivity index (χ2n) is 3.20. The molecule has 0 spiro atoms. The van der Waals surface area contributed by atoms with Crippen LogP contribution in [0.4, 0.5) is 0 Å². The summed E-state index contributed by atoms with van der Waals surface area (Å²) in [6.45, 7) is 1.85. The van der Waals surface area contributed by atoms with Crippen molar-refractivity contribution >= 4 is 5.91 Å². The molecule has 78 valence electrons. The van der Waals surface area contributed by atoms with E-state index in [2.05, 4.69) is 10.3 Å².